The van der Waals surface area contributed by atoms with E-state index in [-0.39, 0.29) is 51.8 Å². The van der Waals surface area contributed by atoms with Gasteiger partial charge in [-0.2, -0.15) is 0 Å². The first kappa shape index (κ1) is 30.7. The summed E-state index contributed by atoms with van der Waals surface area (Å²) < 4.78 is 19.0. The number of ether oxygens (including phenoxy) is 2. The molecule has 4 heterocycles. The van der Waals surface area contributed by atoms with Crippen LogP contribution in [0.1, 0.15) is 73.5 Å². The van der Waals surface area contributed by atoms with Crippen molar-refractivity contribution in [1.82, 2.24) is 4.98 Å². The molecule has 4 aromatic rings. The van der Waals surface area contributed by atoms with Crippen LogP contribution in [0.5, 0.6) is 17.2 Å². The van der Waals surface area contributed by atoms with E-state index >= 15 is 0 Å². The van der Waals surface area contributed by atoms with Gasteiger partial charge in [-0.1, -0.05) is 24.1 Å². The zero-order valence-electron chi connectivity index (χ0n) is 25.7. The Hall–Kier alpha value is -5.27. The van der Waals surface area contributed by atoms with E-state index in [9.17, 15) is 24.9 Å². The molecule has 0 fully saturated rings. The molecule has 0 spiro atoms. The number of phenols is 2. The molecule has 10 nitrogen and oxygen atoms in total. The highest BCUT2D eigenvalue weighted by atomic mass is 16.6. The van der Waals surface area contributed by atoms with Gasteiger partial charge in [-0.15, -0.1) is 5.92 Å². The number of aromatic hydroxyl groups is 2. The van der Waals surface area contributed by atoms with E-state index in [1.54, 1.807) is 56.5 Å². The molecule has 2 aromatic carbocycles. The van der Waals surface area contributed by atoms with Crippen LogP contribution in [0.4, 0.5) is 5.82 Å². The van der Waals surface area contributed by atoms with Gasteiger partial charge in [0.1, 0.15) is 58.1 Å². The summed E-state index contributed by atoms with van der Waals surface area (Å²) in [6.45, 7) is 4.66. The second-order valence-corrected chi connectivity index (χ2v) is 11.9. The third-order valence-electron chi connectivity index (χ3n) is 8.89. The van der Waals surface area contributed by atoms with Crippen LogP contribution in [-0.4, -0.2) is 38.0 Å². The van der Waals surface area contributed by atoms with Crippen molar-refractivity contribution < 1.29 is 34.0 Å². The van der Waals surface area contributed by atoms with E-state index in [0.29, 0.717) is 35.1 Å². The number of nitrogen functional groups attached to an aromatic ring is 1. The van der Waals surface area contributed by atoms with Crippen molar-refractivity contribution in [3.63, 3.8) is 0 Å². The number of aliphatic hydroxyl groups excluding tert-OH is 1. The van der Waals surface area contributed by atoms with Crippen LogP contribution in [-0.2, 0) is 22.6 Å². The summed E-state index contributed by atoms with van der Waals surface area (Å²) >= 11 is 0. The first-order valence-electron chi connectivity index (χ1n) is 15.0. The highest BCUT2D eigenvalue weighted by Crippen LogP contribution is 2.54. The molecule has 2 aliphatic rings. The molecule has 46 heavy (non-hydrogen) atoms. The van der Waals surface area contributed by atoms with Crippen molar-refractivity contribution in [2.45, 2.75) is 70.2 Å². The maximum atomic E-state index is 13.6. The topological polar surface area (TPSA) is 165 Å². The van der Waals surface area contributed by atoms with E-state index < -0.39 is 41.5 Å². The van der Waals surface area contributed by atoms with Crippen LogP contribution >= 0.6 is 0 Å². The summed E-state index contributed by atoms with van der Waals surface area (Å²) in [6.07, 6.45) is 3.17. The van der Waals surface area contributed by atoms with E-state index in [1.165, 1.54) is 0 Å². The summed E-state index contributed by atoms with van der Waals surface area (Å²) in [5.41, 5.74) is 6.97. The Morgan fingerprint density at radius 3 is 2.74 bits per heavy atom. The molecule has 2 aliphatic heterocycles. The fourth-order valence-electron chi connectivity index (χ4n) is 6.32. The number of rotatable bonds is 5. The SMILES string of the molecule is CC=C(C)C(=O)OC1Cc2c3c(c4oc(CO)cc(=O)c4c2O)C(c2ccnc(N)c2)C(c2cccc(O)c2)C#CCCC1(C)O3. The second-order valence-electron chi connectivity index (χ2n) is 11.9. The molecule has 10 heteroatoms. The van der Waals surface area contributed by atoms with Crippen LogP contribution in [0.2, 0.25) is 0 Å². The quantitative estimate of drug-likeness (QED) is 0.136. The number of esters is 1. The predicted molar refractivity (Wildman–Crippen MR) is 170 cm³/mol. The molecule has 4 unspecified atom stereocenters. The van der Waals surface area contributed by atoms with Gasteiger partial charge < -0.3 is 34.9 Å². The van der Waals surface area contributed by atoms with Crippen LogP contribution in [0.15, 0.2) is 69.5 Å². The Kier molecular flexibility index (Phi) is 7.96. The molecule has 0 radical (unpaired) electrons. The lowest BCUT2D eigenvalue weighted by atomic mass is 9.74. The third-order valence-corrected chi connectivity index (χ3v) is 8.89. The number of aromatic nitrogens is 1. The molecule has 2 aromatic heterocycles. The largest absolute Gasteiger partial charge is 0.508 e. The van der Waals surface area contributed by atoms with E-state index in [4.69, 9.17) is 19.6 Å². The predicted octanol–water partition coefficient (Wildman–Crippen LogP) is 4.96. The van der Waals surface area contributed by atoms with Gasteiger partial charge >= 0.3 is 5.97 Å². The van der Waals surface area contributed by atoms with Crippen LogP contribution < -0.4 is 15.9 Å². The summed E-state index contributed by atoms with van der Waals surface area (Å²) in [5, 5.41) is 32.1. The number of carbonyl (C=O) groups is 1. The van der Waals surface area contributed by atoms with Gasteiger partial charge in [-0.05, 0) is 56.2 Å². The molecule has 0 saturated heterocycles. The van der Waals surface area contributed by atoms with Gasteiger partial charge in [-0.25, -0.2) is 9.78 Å². The smallest absolute Gasteiger partial charge is 0.333 e. The number of anilines is 1. The van der Waals surface area contributed by atoms with Crippen molar-refractivity contribution in [2.75, 3.05) is 5.73 Å². The summed E-state index contributed by atoms with van der Waals surface area (Å²) in [4.78, 5) is 30.8. The van der Waals surface area contributed by atoms with Crippen molar-refractivity contribution in [1.29, 1.82) is 0 Å². The minimum atomic E-state index is -1.09. The molecular weight excluding hydrogens is 588 g/mol. The average molecular weight is 623 g/mol. The van der Waals surface area contributed by atoms with Gasteiger partial charge in [-0.3, -0.25) is 4.79 Å². The number of carbonyl (C=O) groups excluding carboxylic acids is 1. The Labute approximate surface area is 265 Å². The van der Waals surface area contributed by atoms with E-state index in [1.807, 2.05) is 13.0 Å². The van der Waals surface area contributed by atoms with Crippen molar-refractivity contribution in [3.05, 3.63) is 98.5 Å². The number of allylic oxidation sites excluding steroid dienone is 1. The Balaban J connectivity index is 1.74. The van der Waals surface area contributed by atoms with Crippen molar-refractivity contribution in [2.24, 2.45) is 0 Å². The highest BCUT2D eigenvalue weighted by molar-refractivity contribution is 5.92. The minimum absolute atomic E-state index is 0.00891. The number of hydrogen-bond donors (Lipinski definition) is 4. The first-order chi connectivity index (χ1) is 22.0. The Morgan fingerprint density at radius 2 is 2.02 bits per heavy atom. The number of hydrogen-bond acceptors (Lipinski definition) is 10. The Bertz CT molecular complexity index is 2020. The van der Waals surface area contributed by atoms with E-state index in [0.717, 1.165) is 6.07 Å². The number of fused-ring (bicyclic) bond motifs is 3. The number of phenolic OH excluding ortho intramolecular Hbond substituents is 2. The number of aliphatic hydroxyl groups is 1. The third kappa shape index (κ3) is 5.33. The lowest BCUT2D eigenvalue weighted by molar-refractivity contribution is -0.158. The van der Waals surface area contributed by atoms with Gasteiger partial charge in [0.2, 0.25) is 0 Å². The minimum Gasteiger partial charge on any atom is -0.508 e. The molecule has 2 bridgehead atoms. The zero-order chi connectivity index (χ0) is 32.7. The fourth-order valence-corrected chi connectivity index (χ4v) is 6.32. The Morgan fingerprint density at radius 1 is 1.22 bits per heavy atom. The molecule has 6 rings (SSSR count). The lowest BCUT2D eigenvalue weighted by Crippen LogP contribution is -2.51. The van der Waals surface area contributed by atoms with Gasteiger partial charge in [0.15, 0.2) is 5.43 Å². The normalized spacial score (nSPS) is 22.3. The molecule has 0 saturated carbocycles. The summed E-state index contributed by atoms with van der Waals surface area (Å²) in [7, 11) is 0. The van der Waals surface area contributed by atoms with Gasteiger partial charge in [0, 0.05) is 54.1 Å². The monoisotopic (exact) mass is 622 g/mol. The number of benzene rings is 2. The lowest BCUT2D eigenvalue weighted by Gasteiger charge is -2.43. The van der Waals surface area contributed by atoms with Crippen molar-refractivity contribution >= 4 is 22.8 Å². The highest BCUT2D eigenvalue weighted by Gasteiger charge is 2.48. The summed E-state index contributed by atoms with van der Waals surface area (Å²) in [6, 6.07) is 11.3. The molecule has 5 N–H and O–H groups in total. The maximum Gasteiger partial charge on any atom is 0.333 e. The molecule has 0 amide bonds. The van der Waals surface area contributed by atoms with Crippen LogP contribution in [0.3, 0.4) is 0 Å². The molecule has 4 atom stereocenters. The zero-order valence-corrected chi connectivity index (χ0v) is 25.7. The second kappa shape index (κ2) is 11.9. The first-order valence-corrected chi connectivity index (χ1v) is 15.0. The number of pyridine rings is 1. The molecule has 0 aliphatic carbocycles. The molecular formula is C36H34N2O8. The number of nitrogens with two attached hydrogens (primary N) is 1. The van der Waals surface area contributed by atoms with Crippen LogP contribution in [0.25, 0.3) is 11.0 Å². The van der Waals surface area contributed by atoms with E-state index in [2.05, 4.69) is 16.8 Å². The summed E-state index contributed by atoms with van der Waals surface area (Å²) in [5.74, 6) is 4.98. The maximum absolute atomic E-state index is 13.6. The van der Waals surface area contributed by atoms with Crippen molar-refractivity contribution in [3.8, 4) is 29.1 Å². The van der Waals surface area contributed by atoms with Gasteiger partial charge in [0.05, 0.1) is 5.92 Å². The number of nitrogens with zero attached hydrogens (tertiary/aromatic N) is 1. The molecule has 236 valence electrons. The fraction of sp³-hybridized carbons (Fsp3) is 0.306. The standard InChI is InChI=1S/C36H34N2O8/c1-4-19(2)35(43)45-27-17-25-32(42)30-26(41)16-23(18-39)44-34(30)31-29(21-11-13-38-28(37)15-21)24(20-8-7-9-22(40)14-20)10-5-6-12-36(27,3)46-33(25)31/h4,7-9,11,13-16,24,27,29,39-40,42H,6,12,17-18H2,1-3H3,(H2,37,38). The average Bonchev–Trinajstić information content (AvgIpc) is 3.03. The van der Waals surface area contributed by atoms with Crippen LogP contribution in [0, 0.1) is 11.8 Å². The van der Waals surface area contributed by atoms with Gasteiger partial charge in [0.25, 0.3) is 0 Å².